The number of nitrogens with zero attached hydrogens (tertiary/aromatic N) is 1. The molecule has 0 aliphatic carbocycles. The zero-order chi connectivity index (χ0) is 18.2. The second-order valence-corrected chi connectivity index (χ2v) is 5.62. The van der Waals surface area contributed by atoms with E-state index in [0.29, 0.717) is 5.56 Å². The highest BCUT2D eigenvalue weighted by atomic mass is 35.5. The smallest absolute Gasteiger partial charge is 0.290 e. The minimum atomic E-state index is -0.285. The number of rotatable bonds is 6. The maximum absolute atomic E-state index is 12.3. The molecule has 1 aromatic heterocycles. The summed E-state index contributed by atoms with van der Waals surface area (Å²) in [4.78, 5) is 24.4. The van der Waals surface area contributed by atoms with Crippen LogP contribution >= 0.6 is 0 Å². The van der Waals surface area contributed by atoms with E-state index in [1.807, 2.05) is 60.7 Å². The first-order valence-corrected chi connectivity index (χ1v) is 8.16. The Morgan fingerprint density at radius 2 is 1.44 bits per heavy atom. The highest BCUT2D eigenvalue weighted by Gasteiger charge is 2.13. The molecule has 27 heavy (non-hydrogen) atoms. The number of halogens is 1. The van der Waals surface area contributed by atoms with Crippen LogP contribution in [0, 0.1) is 0 Å². The molecule has 0 bridgehead atoms. The molecule has 3 rings (SSSR count). The Morgan fingerprint density at radius 1 is 0.815 bits per heavy atom. The summed E-state index contributed by atoms with van der Waals surface area (Å²) in [5, 5.41) is 2.81. The molecular formula is C20H19ClN4O2. The van der Waals surface area contributed by atoms with E-state index >= 15 is 0 Å². The van der Waals surface area contributed by atoms with Crippen LogP contribution in [-0.2, 0) is 11.3 Å². The van der Waals surface area contributed by atoms with E-state index in [4.69, 9.17) is 0 Å². The molecule has 0 radical (unpaired) electrons. The van der Waals surface area contributed by atoms with Gasteiger partial charge in [-0.15, -0.1) is 0 Å². The molecule has 0 unspecified atom stereocenters. The van der Waals surface area contributed by atoms with Crippen LogP contribution in [0.15, 0.2) is 85.2 Å². The Hall–Kier alpha value is -3.38. The fourth-order valence-electron chi connectivity index (χ4n) is 2.37. The van der Waals surface area contributed by atoms with Gasteiger partial charge in [0.15, 0.2) is 12.4 Å². The summed E-state index contributed by atoms with van der Waals surface area (Å²) < 4.78 is 1.66. The van der Waals surface area contributed by atoms with Gasteiger partial charge in [-0.2, -0.15) is 4.57 Å². The number of pyridine rings is 1. The van der Waals surface area contributed by atoms with Gasteiger partial charge in [0.25, 0.3) is 11.8 Å². The first-order chi connectivity index (χ1) is 12.7. The number of carbonyl (C=O) groups excluding carboxylic acids is 2. The lowest BCUT2D eigenvalue weighted by molar-refractivity contribution is -0.684. The maximum atomic E-state index is 12.3. The molecule has 0 saturated carbocycles. The number of carbonyl (C=O) groups is 2. The predicted molar refractivity (Wildman–Crippen MR) is 99.2 cm³/mol. The molecular weight excluding hydrogens is 364 g/mol. The average Bonchev–Trinajstić information content (AvgIpc) is 2.68. The Kier molecular flexibility index (Phi) is 7.34. The lowest BCUT2D eigenvalue weighted by Crippen LogP contribution is -3.00. The number of anilines is 2. The monoisotopic (exact) mass is 382 g/mol. The molecule has 6 nitrogen and oxygen atoms in total. The quantitative estimate of drug-likeness (QED) is 0.393. The van der Waals surface area contributed by atoms with Crippen LogP contribution in [0.2, 0.25) is 0 Å². The van der Waals surface area contributed by atoms with Crippen molar-refractivity contribution in [1.29, 1.82) is 0 Å². The lowest BCUT2D eigenvalue weighted by Gasteiger charge is -2.07. The number of amides is 2. The fourth-order valence-corrected chi connectivity index (χ4v) is 2.37. The Bertz CT molecular complexity index is 889. The standard InChI is InChI=1S/C20H18N4O2.ClH/c25-19(21-17-9-3-1-4-10-17)15-24-13-7-8-16(14-24)20(26)23-22-18-11-5-2-6-12-18;/h1-14,22H,15H2,(H-,21,23,25,26);1H. The number of benzene rings is 2. The summed E-state index contributed by atoms with van der Waals surface area (Å²) in [6.07, 6.45) is 3.37. The Balaban J connectivity index is 0.00000261. The summed E-state index contributed by atoms with van der Waals surface area (Å²) in [5.41, 5.74) is 7.45. The van der Waals surface area contributed by atoms with E-state index in [9.17, 15) is 9.59 Å². The molecule has 2 aromatic carbocycles. The van der Waals surface area contributed by atoms with Crippen molar-refractivity contribution >= 4 is 23.2 Å². The molecule has 0 aliphatic rings. The minimum Gasteiger partial charge on any atom is -1.00 e. The molecule has 0 aliphatic heterocycles. The van der Waals surface area contributed by atoms with Crippen molar-refractivity contribution in [1.82, 2.24) is 5.43 Å². The van der Waals surface area contributed by atoms with Crippen LogP contribution in [0.3, 0.4) is 0 Å². The molecule has 1 heterocycles. The van der Waals surface area contributed by atoms with Crippen molar-refractivity contribution in [2.45, 2.75) is 6.54 Å². The molecule has 0 saturated heterocycles. The van der Waals surface area contributed by atoms with Gasteiger partial charge in [0.2, 0.25) is 6.54 Å². The summed E-state index contributed by atoms with van der Waals surface area (Å²) >= 11 is 0. The molecule has 0 atom stereocenters. The number of aromatic nitrogens is 1. The van der Waals surface area contributed by atoms with Gasteiger partial charge in [0.05, 0.1) is 5.69 Å². The van der Waals surface area contributed by atoms with Crippen molar-refractivity contribution in [2.24, 2.45) is 0 Å². The van der Waals surface area contributed by atoms with Crippen LogP contribution in [0.25, 0.3) is 0 Å². The highest BCUT2D eigenvalue weighted by Crippen LogP contribution is 2.05. The van der Waals surface area contributed by atoms with Crippen molar-refractivity contribution in [3.05, 3.63) is 90.8 Å². The largest absolute Gasteiger partial charge is 1.00 e. The number of nitrogens with one attached hydrogen (secondary N) is 3. The molecule has 138 valence electrons. The average molecular weight is 383 g/mol. The van der Waals surface area contributed by atoms with Gasteiger partial charge in [-0.05, 0) is 30.3 Å². The van der Waals surface area contributed by atoms with E-state index in [-0.39, 0.29) is 30.8 Å². The van der Waals surface area contributed by atoms with Crippen molar-refractivity contribution in [3.8, 4) is 0 Å². The number of hydrogen-bond donors (Lipinski definition) is 3. The van der Waals surface area contributed by atoms with Crippen molar-refractivity contribution in [3.63, 3.8) is 0 Å². The van der Waals surface area contributed by atoms with Crippen LogP contribution in [0.5, 0.6) is 0 Å². The van der Waals surface area contributed by atoms with Crippen molar-refractivity contribution in [2.75, 3.05) is 10.7 Å². The van der Waals surface area contributed by atoms with Crippen LogP contribution < -0.4 is 33.1 Å². The second-order valence-electron chi connectivity index (χ2n) is 5.62. The van der Waals surface area contributed by atoms with Gasteiger partial charge in [0.1, 0.15) is 5.56 Å². The van der Waals surface area contributed by atoms with Gasteiger partial charge in [-0.1, -0.05) is 36.4 Å². The van der Waals surface area contributed by atoms with E-state index in [1.165, 1.54) is 0 Å². The zero-order valence-electron chi connectivity index (χ0n) is 14.4. The van der Waals surface area contributed by atoms with E-state index in [2.05, 4.69) is 16.2 Å². The highest BCUT2D eigenvalue weighted by molar-refractivity contribution is 5.94. The van der Waals surface area contributed by atoms with Crippen LogP contribution in [-0.4, -0.2) is 11.8 Å². The SMILES string of the molecule is O=C(C[n+]1cccc(C(=O)NNc2ccccc2)c1)Nc1ccccc1.[Cl-]. The predicted octanol–water partition coefficient (Wildman–Crippen LogP) is -0.626. The van der Waals surface area contributed by atoms with Gasteiger partial charge in [-0.25, -0.2) is 0 Å². The summed E-state index contributed by atoms with van der Waals surface area (Å²) in [7, 11) is 0. The molecule has 3 N–H and O–H groups in total. The van der Waals surface area contributed by atoms with Crippen LogP contribution in [0.4, 0.5) is 11.4 Å². The Labute approximate surface area is 163 Å². The third-order valence-electron chi connectivity index (χ3n) is 3.60. The summed E-state index contributed by atoms with van der Waals surface area (Å²) in [5.74, 6) is -0.451. The van der Waals surface area contributed by atoms with E-state index in [1.54, 1.807) is 29.1 Å². The number of hydrogen-bond acceptors (Lipinski definition) is 3. The third kappa shape index (κ3) is 6.13. The first-order valence-electron chi connectivity index (χ1n) is 8.16. The minimum absolute atomic E-state index is 0. The van der Waals surface area contributed by atoms with E-state index < -0.39 is 0 Å². The second kappa shape index (κ2) is 9.94. The fraction of sp³-hybridized carbons (Fsp3) is 0.0500. The van der Waals surface area contributed by atoms with Gasteiger partial charge in [0, 0.05) is 11.8 Å². The van der Waals surface area contributed by atoms with E-state index in [0.717, 1.165) is 11.4 Å². The molecule has 0 spiro atoms. The third-order valence-corrected chi connectivity index (χ3v) is 3.60. The topological polar surface area (TPSA) is 74.1 Å². The molecule has 0 fully saturated rings. The summed E-state index contributed by atoms with van der Waals surface area (Å²) in [6.45, 7) is 0.113. The van der Waals surface area contributed by atoms with Gasteiger partial charge < -0.3 is 17.7 Å². The zero-order valence-corrected chi connectivity index (χ0v) is 15.2. The molecule has 2 amide bonds. The summed E-state index contributed by atoms with van der Waals surface area (Å²) in [6, 6.07) is 22.0. The normalized spacial score (nSPS) is 9.63. The molecule has 7 heteroatoms. The molecule has 3 aromatic rings. The Morgan fingerprint density at radius 3 is 2.11 bits per heavy atom. The van der Waals surface area contributed by atoms with Gasteiger partial charge >= 0.3 is 0 Å². The van der Waals surface area contributed by atoms with Crippen molar-refractivity contribution < 1.29 is 26.6 Å². The van der Waals surface area contributed by atoms with Crippen LogP contribution in [0.1, 0.15) is 10.4 Å². The number of hydrazine groups is 1. The number of para-hydroxylation sites is 2. The maximum Gasteiger partial charge on any atom is 0.290 e. The first kappa shape index (κ1) is 19.9. The lowest BCUT2D eigenvalue weighted by atomic mass is 10.2. The van der Waals surface area contributed by atoms with Gasteiger partial charge in [-0.3, -0.25) is 20.4 Å².